The van der Waals surface area contributed by atoms with Crippen molar-refractivity contribution in [3.05, 3.63) is 16.6 Å². The van der Waals surface area contributed by atoms with Crippen LogP contribution in [-0.2, 0) is 13.6 Å². The van der Waals surface area contributed by atoms with Gasteiger partial charge in [0.05, 0.1) is 17.4 Å². The second-order valence-corrected chi connectivity index (χ2v) is 6.68. The summed E-state index contributed by atoms with van der Waals surface area (Å²) >= 11 is 1.67. The lowest BCUT2D eigenvalue weighted by Crippen LogP contribution is -2.18. The van der Waals surface area contributed by atoms with Crippen molar-refractivity contribution in [1.82, 2.24) is 19.6 Å². The molecule has 6 heteroatoms. The van der Waals surface area contributed by atoms with Crippen molar-refractivity contribution >= 4 is 11.3 Å². The van der Waals surface area contributed by atoms with E-state index in [0.29, 0.717) is 6.04 Å². The molecule has 2 heterocycles. The highest BCUT2D eigenvalue weighted by atomic mass is 32.1. The van der Waals surface area contributed by atoms with Crippen LogP contribution in [0.1, 0.15) is 44.7 Å². The molecule has 0 unspecified atom stereocenters. The summed E-state index contributed by atoms with van der Waals surface area (Å²) in [6.07, 6.45) is 6.43. The standard InChI is InChI=1S/C15H23N5S/c1-4-20-13(10-11(2)17-20)14-18-19(3)15(21-14)16-12-8-6-5-7-9-12/h10,12H,4-9H2,1-3H3/b16-15-. The van der Waals surface area contributed by atoms with Gasteiger partial charge >= 0.3 is 0 Å². The fraction of sp³-hybridized carbons (Fsp3) is 0.667. The summed E-state index contributed by atoms with van der Waals surface area (Å²) in [6, 6.07) is 2.59. The van der Waals surface area contributed by atoms with E-state index < -0.39 is 0 Å². The Bertz CT molecular complexity index is 673. The van der Waals surface area contributed by atoms with Crippen molar-refractivity contribution in [2.24, 2.45) is 12.0 Å². The maximum Gasteiger partial charge on any atom is 0.203 e. The van der Waals surface area contributed by atoms with E-state index in [0.717, 1.165) is 27.7 Å². The molecule has 0 amide bonds. The second-order valence-electron chi connectivity index (χ2n) is 5.72. The van der Waals surface area contributed by atoms with Crippen molar-refractivity contribution < 1.29 is 0 Å². The molecular weight excluding hydrogens is 282 g/mol. The highest BCUT2D eigenvalue weighted by Gasteiger charge is 2.15. The van der Waals surface area contributed by atoms with Crippen LogP contribution in [0, 0.1) is 6.92 Å². The maximum atomic E-state index is 4.92. The van der Waals surface area contributed by atoms with Crippen molar-refractivity contribution in [2.45, 2.75) is 58.5 Å². The van der Waals surface area contributed by atoms with E-state index in [1.54, 1.807) is 11.3 Å². The smallest absolute Gasteiger partial charge is 0.203 e. The average molecular weight is 305 g/mol. The van der Waals surface area contributed by atoms with Gasteiger partial charge < -0.3 is 0 Å². The first-order valence-corrected chi connectivity index (χ1v) is 8.62. The van der Waals surface area contributed by atoms with Gasteiger partial charge in [-0.2, -0.15) is 10.2 Å². The Hall–Kier alpha value is -1.43. The van der Waals surface area contributed by atoms with E-state index in [1.165, 1.54) is 32.1 Å². The van der Waals surface area contributed by atoms with E-state index in [9.17, 15) is 0 Å². The molecule has 1 fully saturated rings. The molecule has 2 aromatic rings. The van der Waals surface area contributed by atoms with Crippen LogP contribution < -0.4 is 4.80 Å². The van der Waals surface area contributed by atoms with Crippen molar-refractivity contribution in [3.8, 4) is 10.7 Å². The van der Waals surface area contributed by atoms with Crippen LogP contribution in [0.15, 0.2) is 11.1 Å². The Morgan fingerprint density at radius 3 is 2.76 bits per heavy atom. The minimum absolute atomic E-state index is 0.482. The summed E-state index contributed by atoms with van der Waals surface area (Å²) in [5, 5.41) is 10.2. The van der Waals surface area contributed by atoms with E-state index in [4.69, 9.17) is 4.99 Å². The molecular formula is C15H23N5S. The molecule has 0 aromatic carbocycles. The predicted octanol–water partition coefficient (Wildman–Crippen LogP) is 2.91. The quantitative estimate of drug-likeness (QED) is 0.875. The molecule has 0 N–H and O–H groups in total. The molecule has 3 rings (SSSR count). The van der Waals surface area contributed by atoms with Gasteiger partial charge in [-0.05, 0) is 32.8 Å². The third-order valence-corrected chi connectivity index (χ3v) is 5.03. The summed E-state index contributed by atoms with van der Waals surface area (Å²) in [4.78, 5) is 5.94. The minimum Gasteiger partial charge on any atom is -0.262 e. The Morgan fingerprint density at radius 2 is 2.05 bits per heavy atom. The van der Waals surface area contributed by atoms with Crippen LogP contribution in [0.3, 0.4) is 0 Å². The first-order valence-electron chi connectivity index (χ1n) is 7.80. The second kappa shape index (κ2) is 6.13. The van der Waals surface area contributed by atoms with Crippen molar-refractivity contribution in [3.63, 3.8) is 0 Å². The average Bonchev–Trinajstić information content (AvgIpc) is 3.03. The van der Waals surface area contributed by atoms with E-state index >= 15 is 0 Å². The van der Waals surface area contributed by atoms with Crippen LogP contribution in [0.5, 0.6) is 0 Å². The highest BCUT2D eigenvalue weighted by molar-refractivity contribution is 7.12. The molecule has 1 aliphatic rings. The van der Waals surface area contributed by atoms with E-state index in [1.807, 2.05) is 23.3 Å². The highest BCUT2D eigenvalue weighted by Crippen LogP contribution is 2.22. The van der Waals surface area contributed by atoms with Gasteiger partial charge in [0.25, 0.3) is 0 Å². The molecule has 2 aromatic heterocycles. The first-order chi connectivity index (χ1) is 10.2. The molecule has 1 aliphatic carbocycles. The van der Waals surface area contributed by atoms with Gasteiger partial charge in [-0.1, -0.05) is 30.6 Å². The fourth-order valence-corrected chi connectivity index (χ4v) is 3.87. The van der Waals surface area contributed by atoms with E-state index in [2.05, 4.69) is 23.2 Å². The van der Waals surface area contributed by atoms with E-state index in [-0.39, 0.29) is 0 Å². The van der Waals surface area contributed by atoms with Gasteiger partial charge in [0, 0.05) is 13.6 Å². The monoisotopic (exact) mass is 305 g/mol. The van der Waals surface area contributed by atoms with Gasteiger partial charge in [0.15, 0.2) is 5.01 Å². The molecule has 5 nitrogen and oxygen atoms in total. The molecule has 21 heavy (non-hydrogen) atoms. The zero-order chi connectivity index (χ0) is 14.8. The zero-order valence-electron chi connectivity index (χ0n) is 13.0. The molecule has 114 valence electrons. The number of rotatable bonds is 3. The number of aryl methyl sites for hydroxylation is 3. The van der Waals surface area contributed by atoms with Crippen LogP contribution in [0.2, 0.25) is 0 Å². The lowest BCUT2D eigenvalue weighted by atomic mass is 9.96. The van der Waals surface area contributed by atoms with Crippen molar-refractivity contribution in [2.75, 3.05) is 0 Å². The molecule has 0 bridgehead atoms. The minimum atomic E-state index is 0.482. The summed E-state index contributed by atoms with van der Waals surface area (Å²) in [5.74, 6) is 0. The lowest BCUT2D eigenvalue weighted by Gasteiger charge is -2.16. The Balaban J connectivity index is 1.95. The number of hydrogen-bond acceptors (Lipinski definition) is 4. The zero-order valence-corrected chi connectivity index (χ0v) is 13.9. The summed E-state index contributed by atoms with van der Waals surface area (Å²) in [6.45, 7) is 5.00. The molecule has 0 spiro atoms. The van der Waals surface area contributed by atoms with Crippen LogP contribution in [-0.4, -0.2) is 25.6 Å². The molecule has 1 saturated carbocycles. The molecule has 0 atom stereocenters. The van der Waals surface area contributed by atoms with Crippen molar-refractivity contribution in [1.29, 1.82) is 0 Å². The topological polar surface area (TPSA) is 48.0 Å². The molecule has 0 aliphatic heterocycles. The summed E-state index contributed by atoms with van der Waals surface area (Å²) < 4.78 is 3.93. The summed E-state index contributed by atoms with van der Waals surface area (Å²) in [7, 11) is 1.99. The van der Waals surface area contributed by atoms with Crippen LogP contribution in [0.4, 0.5) is 0 Å². The Labute approximate surface area is 129 Å². The van der Waals surface area contributed by atoms with Crippen LogP contribution in [0.25, 0.3) is 10.7 Å². The lowest BCUT2D eigenvalue weighted by molar-refractivity contribution is 0.434. The van der Waals surface area contributed by atoms with Gasteiger partial charge in [-0.3, -0.25) is 9.67 Å². The predicted molar refractivity (Wildman–Crippen MR) is 85.2 cm³/mol. The molecule has 0 radical (unpaired) electrons. The normalized spacial score (nSPS) is 17.6. The molecule has 0 saturated heterocycles. The van der Waals surface area contributed by atoms with Gasteiger partial charge in [0.1, 0.15) is 0 Å². The first kappa shape index (κ1) is 14.5. The number of hydrogen-bond donors (Lipinski definition) is 0. The van der Waals surface area contributed by atoms with Gasteiger partial charge in [-0.25, -0.2) is 4.68 Å². The van der Waals surface area contributed by atoms with Crippen LogP contribution >= 0.6 is 11.3 Å². The SMILES string of the molecule is CCn1nc(C)cc1-c1nn(C)/c(=N/C2CCCCC2)s1. The largest absolute Gasteiger partial charge is 0.262 e. The Kier molecular flexibility index (Phi) is 4.24. The fourth-order valence-electron chi connectivity index (χ4n) is 2.89. The third kappa shape index (κ3) is 3.10. The van der Waals surface area contributed by atoms with Gasteiger partial charge in [-0.15, -0.1) is 0 Å². The number of aromatic nitrogens is 4. The summed E-state index contributed by atoms with van der Waals surface area (Å²) in [5.41, 5.74) is 2.14. The third-order valence-electron chi connectivity index (χ3n) is 3.99. The number of nitrogens with zero attached hydrogens (tertiary/aromatic N) is 5. The maximum absolute atomic E-state index is 4.92. The van der Waals surface area contributed by atoms with Gasteiger partial charge in [0.2, 0.25) is 4.80 Å². The Morgan fingerprint density at radius 1 is 1.29 bits per heavy atom.